The highest BCUT2D eigenvalue weighted by molar-refractivity contribution is 5.75. The molecule has 0 radical (unpaired) electrons. The van der Waals surface area contributed by atoms with Gasteiger partial charge in [-0.3, -0.25) is 0 Å². The standard InChI is InChI=1S/C16H18O2/c1-10(2)12-5-7-14(16(18)9-12)13-6-4-11(3)8-15(13)17/h4-10,17-18H,1-3H3. The number of phenols is 2. The number of rotatable bonds is 2. The van der Waals surface area contributed by atoms with Crippen molar-refractivity contribution in [1.82, 2.24) is 0 Å². The summed E-state index contributed by atoms with van der Waals surface area (Å²) in [4.78, 5) is 0. The Balaban J connectivity index is 2.51. The van der Waals surface area contributed by atoms with E-state index in [-0.39, 0.29) is 11.5 Å². The highest BCUT2D eigenvalue weighted by Crippen LogP contribution is 2.37. The molecule has 2 aromatic carbocycles. The number of aryl methyl sites for hydroxylation is 1. The van der Waals surface area contributed by atoms with Crippen LogP contribution in [0.5, 0.6) is 11.5 Å². The number of aromatic hydroxyl groups is 2. The third-order valence-electron chi connectivity index (χ3n) is 3.13. The summed E-state index contributed by atoms with van der Waals surface area (Å²) in [5.41, 5.74) is 3.41. The largest absolute Gasteiger partial charge is 0.507 e. The van der Waals surface area contributed by atoms with Gasteiger partial charge in [-0.2, -0.15) is 0 Å². The molecule has 0 heterocycles. The van der Waals surface area contributed by atoms with Crippen molar-refractivity contribution in [1.29, 1.82) is 0 Å². The second-order valence-electron chi connectivity index (χ2n) is 4.95. The highest BCUT2D eigenvalue weighted by Gasteiger charge is 2.10. The molecule has 0 aromatic heterocycles. The molecule has 2 aromatic rings. The summed E-state index contributed by atoms with van der Waals surface area (Å²) in [6, 6.07) is 11.1. The Kier molecular flexibility index (Phi) is 3.28. The lowest BCUT2D eigenvalue weighted by atomic mass is 9.97. The molecule has 0 bridgehead atoms. The van der Waals surface area contributed by atoms with Gasteiger partial charge in [0.25, 0.3) is 0 Å². The van der Waals surface area contributed by atoms with Crippen molar-refractivity contribution in [2.24, 2.45) is 0 Å². The highest BCUT2D eigenvalue weighted by atomic mass is 16.3. The maximum absolute atomic E-state index is 10.1. The van der Waals surface area contributed by atoms with Crippen LogP contribution in [0.2, 0.25) is 0 Å². The van der Waals surface area contributed by atoms with Gasteiger partial charge in [-0.25, -0.2) is 0 Å². The van der Waals surface area contributed by atoms with Crippen LogP contribution >= 0.6 is 0 Å². The van der Waals surface area contributed by atoms with E-state index in [0.29, 0.717) is 17.0 Å². The topological polar surface area (TPSA) is 40.5 Å². The molecular weight excluding hydrogens is 224 g/mol. The van der Waals surface area contributed by atoms with Gasteiger partial charge >= 0.3 is 0 Å². The number of hydrogen-bond donors (Lipinski definition) is 2. The molecule has 2 nitrogen and oxygen atoms in total. The summed E-state index contributed by atoms with van der Waals surface area (Å²) in [7, 11) is 0. The maximum atomic E-state index is 10.1. The lowest BCUT2D eigenvalue weighted by Gasteiger charge is -2.11. The Labute approximate surface area is 108 Å². The monoisotopic (exact) mass is 242 g/mol. The van der Waals surface area contributed by atoms with Crippen LogP contribution in [0, 0.1) is 6.92 Å². The number of benzene rings is 2. The third kappa shape index (κ3) is 2.33. The van der Waals surface area contributed by atoms with Gasteiger partial charge in [0.1, 0.15) is 11.5 Å². The van der Waals surface area contributed by atoms with Gasteiger partial charge in [0.05, 0.1) is 0 Å². The molecule has 0 aliphatic carbocycles. The first-order valence-corrected chi connectivity index (χ1v) is 6.12. The van der Waals surface area contributed by atoms with E-state index in [1.165, 1.54) is 0 Å². The molecule has 0 aliphatic heterocycles. The fraction of sp³-hybridized carbons (Fsp3) is 0.250. The van der Waals surface area contributed by atoms with Crippen molar-refractivity contribution in [3.63, 3.8) is 0 Å². The SMILES string of the molecule is Cc1ccc(-c2ccc(C(C)C)cc2O)c(O)c1. The van der Waals surface area contributed by atoms with Crippen molar-refractivity contribution < 1.29 is 10.2 Å². The van der Waals surface area contributed by atoms with Gasteiger partial charge in [-0.1, -0.05) is 38.1 Å². The molecule has 2 N–H and O–H groups in total. The number of phenolic OH excluding ortho intramolecular Hbond substituents is 2. The average Bonchev–Trinajstić information content (AvgIpc) is 2.30. The van der Waals surface area contributed by atoms with Gasteiger partial charge in [0.2, 0.25) is 0 Å². The number of hydrogen-bond acceptors (Lipinski definition) is 2. The van der Waals surface area contributed by atoms with Crippen LogP contribution in [0.15, 0.2) is 36.4 Å². The van der Waals surface area contributed by atoms with Crippen molar-refractivity contribution in [3.05, 3.63) is 47.5 Å². The van der Waals surface area contributed by atoms with Crippen LogP contribution in [-0.2, 0) is 0 Å². The second kappa shape index (κ2) is 4.73. The molecule has 0 fully saturated rings. The van der Waals surface area contributed by atoms with Crippen LogP contribution in [0.4, 0.5) is 0 Å². The van der Waals surface area contributed by atoms with E-state index in [4.69, 9.17) is 0 Å². The predicted octanol–water partition coefficient (Wildman–Crippen LogP) is 4.20. The average molecular weight is 242 g/mol. The first-order valence-electron chi connectivity index (χ1n) is 6.12. The predicted molar refractivity (Wildman–Crippen MR) is 74.0 cm³/mol. The third-order valence-corrected chi connectivity index (χ3v) is 3.13. The Morgan fingerprint density at radius 2 is 1.39 bits per heavy atom. The zero-order valence-electron chi connectivity index (χ0n) is 10.9. The first kappa shape index (κ1) is 12.5. The summed E-state index contributed by atoms with van der Waals surface area (Å²) in [6.45, 7) is 6.08. The molecule has 0 unspecified atom stereocenters. The zero-order valence-corrected chi connectivity index (χ0v) is 10.9. The van der Waals surface area contributed by atoms with E-state index in [0.717, 1.165) is 11.1 Å². The van der Waals surface area contributed by atoms with Crippen molar-refractivity contribution in [2.75, 3.05) is 0 Å². The molecule has 0 saturated carbocycles. The molecule has 18 heavy (non-hydrogen) atoms. The molecule has 2 rings (SSSR count). The van der Waals surface area contributed by atoms with Gasteiger partial charge in [0, 0.05) is 11.1 Å². The lowest BCUT2D eigenvalue weighted by molar-refractivity contribution is 0.468. The zero-order chi connectivity index (χ0) is 13.3. The van der Waals surface area contributed by atoms with Crippen LogP contribution in [-0.4, -0.2) is 10.2 Å². The van der Waals surface area contributed by atoms with E-state index in [2.05, 4.69) is 13.8 Å². The lowest BCUT2D eigenvalue weighted by Crippen LogP contribution is -1.88. The van der Waals surface area contributed by atoms with E-state index >= 15 is 0 Å². The first-order chi connectivity index (χ1) is 8.49. The fourth-order valence-electron chi connectivity index (χ4n) is 2.00. The van der Waals surface area contributed by atoms with Gasteiger partial charge < -0.3 is 10.2 Å². The van der Waals surface area contributed by atoms with Crippen LogP contribution < -0.4 is 0 Å². The second-order valence-corrected chi connectivity index (χ2v) is 4.95. The molecule has 0 amide bonds. The van der Waals surface area contributed by atoms with E-state index < -0.39 is 0 Å². The molecule has 0 aliphatic rings. The Morgan fingerprint density at radius 3 is 1.89 bits per heavy atom. The van der Waals surface area contributed by atoms with E-state index in [9.17, 15) is 10.2 Å². The van der Waals surface area contributed by atoms with Crippen LogP contribution in [0.3, 0.4) is 0 Å². The van der Waals surface area contributed by atoms with Gasteiger partial charge in [0.15, 0.2) is 0 Å². The summed E-state index contributed by atoms with van der Waals surface area (Å²) >= 11 is 0. The minimum Gasteiger partial charge on any atom is -0.507 e. The summed E-state index contributed by atoms with van der Waals surface area (Å²) in [5.74, 6) is 0.777. The molecule has 0 spiro atoms. The van der Waals surface area contributed by atoms with Crippen molar-refractivity contribution in [2.45, 2.75) is 26.7 Å². The van der Waals surface area contributed by atoms with Gasteiger partial charge in [-0.05, 0) is 36.1 Å². The summed E-state index contributed by atoms with van der Waals surface area (Å²) in [6.07, 6.45) is 0. The summed E-state index contributed by atoms with van der Waals surface area (Å²) < 4.78 is 0. The smallest absolute Gasteiger partial charge is 0.123 e. The minimum absolute atomic E-state index is 0.197. The Bertz CT molecular complexity index is 571. The molecule has 0 saturated heterocycles. The normalized spacial score (nSPS) is 10.9. The Hall–Kier alpha value is -1.96. The van der Waals surface area contributed by atoms with E-state index in [1.54, 1.807) is 12.1 Å². The molecule has 2 heteroatoms. The molecular formula is C16H18O2. The molecule has 0 atom stereocenters. The molecule has 94 valence electrons. The van der Waals surface area contributed by atoms with E-state index in [1.807, 2.05) is 31.2 Å². The van der Waals surface area contributed by atoms with Crippen molar-refractivity contribution >= 4 is 0 Å². The maximum Gasteiger partial charge on any atom is 0.123 e. The summed E-state index contributed by atoms with van der Waals surface area (Å²) in [5, 5.41) is 20.0. The van der Waals surface area contributed by atoms with Gasteiger partial charge in [-0.15, -0.1) is 0 Å². The fourth-order valence-corrected chi connectivity index (χ4v) is 2.00. The minimum atomic E-state index is 0.197. The van der Waals surface area contributed by atoms with Crippen LogP contribution in [0.25, 0.3) is 11.1 Å². The van der Waals surface area contributed by atoms with Crippen LogP contribution in [0.1, 0.15) is 30.9 Å². The quantitative estimate of drug-likeness (QED) is 0.828. The van der Waals surface area contributed by atoms with Crippen molar-refractivity contribution in [3.8, 4) is 22.6 Å². The Morgan fingerprint density at radius 1 is 0.833 bits per heavy atom.